The van der Waals surface area contributed by atoms with E-state index >= 15 is 0 Å². The van der Waals surface area contributed by atoms with Gasteiger partial charge in [0.25, 0.3) is 0 Å². The first-order chi connectivity index (χ1) is 14.4. The van der Waals surface area contributed by atoms with E-state index in [4.69, 9.17) is 9.47 Å². The van der Waals surface area contributed by atoms with E-state index in [-0.39, 0.29) is 18.2 Å². The third kappa shape index (κ3) is 3.47. The zero-order chi connectivity index (χ0) is 21.4. The smallest absolute Gasteiger partial charge is 0.232 e. The number of hydrogen-bond donors (Lipinski definition) is 1. The van der Waals surface area contributed by atoms with Gasteiger partial charge < -0.3 is 19.7 Å². The number of aromatic nitrogens is 1. The van der Waals surface area contributed by atoms with Crippen molar-refractivity contribution in [1.82, 2.24) is 9.88 Å². The van der Waals surface area contributed by atoms with Crippen LogP contribution in [0, 0.1) is 12.8 Å². The Bertz CT molecular complexity index is 1130. The number of methoxy groups -OCH3 is 2. The highest BCUT2D eigenvalue weighted by Gasteiger charge is 2.44. The minimum absolute atomic E-state index is 0.0926. The van der Waals surface area contributed by atoms with Crippen molar-refractivity contribution in [3.8, 4) is 11.5 Å². The number of carbonyl (C=O) groups is 2. The summed E-state index contributed by atoms with van der Waals surface area (Å²) >= 11 is 1.42. The van der Waals surface area contributed by atoms with Gasteiger partial charge >= 0.3 is 0 Å². The minimum Gasteiger partial charge on any atom is -0.493 e. The van der Waals surface area contributed by atoms with E-state index in [1.165, 1.54) is 11.3 Å². The summed E-state index contributed by atoms with van der Waals surface area (Å²) in [6.45, 7) is 2.02. The van der Waals surface area contributed by atoms with Gasteiger partial charge in [0.2, 0.25) is 11.8 Å². The molecule has 2 amide bonds. The van der Waals surface area contributed by atoms with E-state index in [1.807, 2.05) is 37.3 Å². The largest absolute Gasteiger partial charge is 0.493 e. The molecule has 2 heterocycles. The fourth-order valence-electron chi connectivity index (χ4n) is 3.96. The van der Waals surface area contributed by atoms with Gasteiger partial charge in [-0.1, -0.05) is 29.5 Å². The summed E-state index contributed by atoms with van der Waals surface area (Å²) in [6, 6.07) is 11.0. The minimum atomic E-state index is -0.572. The Hall–Kier alpha value is -3.13. The maximum atomic E-state index is 13.2. The number of benzene rings is 2. The molecule has 1 aliphatic heterocycles. The van der Waals surface area contributed by atoms with Gasteiger partial charge in [-0.2, -0.15) is 0 Å². The molecule has 0 bridgehead atoms. The van der Waals surface area contributed by atoms with Crippen LogP contribution in [0.25, 0.3) is 10.2 Å². The van der Waals surface area contributed by atoms with Crippen LogP contribution in [-0.2, 0) is 9.59 Å². The molecule has 1 saturated heterocycles. The molecule has 2 unspecified atom stereocenters. The van der Waals surface area contributed by atoms with E-state index in [9.17, 15) is 9.59 Å². The number of anilines is 1. The Morgan fingerprint density at radius 2 is 2.03 bits per heavy atom. The van der Waals surface area contributed by atoms with Gasteiger partial charge in [0.15, 0.2) is 16.6 Å². The lowest BCUT2D eigenvalue weighted by molar-refractivity contribution is -0.128. The first kappa shape index (κ1) is 20.2. The molecule has 0 saturated carbocycles. The lowest BCUT2D eigenvalue weighted by Gasteiger charge is -2.26. The van der Waals surface area contributed by atoms with Crippen LogP contribution in [0.5, 0.6) is 11.5 Å². The molecule has 0 aliphatic carbocycles. The van der Waals surface area contributed by atoms with E-state index in [2.05, 4.69) is 10.3 Å². The van der Waals surface area contributed by atoms with Gasteiger partial charge in [0.1, 0.15) is 0 Å². The fourth-order valence-corrected chi connectivity index (χ4v) is 4.93. The molecule has 1 fully saturated rings. The van der Waals surface area contributed by atoms with E-state index < -0.39 is 12.0 Å². The van der Waals surface area contributed by atoms with Gasteiger partial charge in [-0.3, -0.25) is 9.59 Å². The van der Waals surface area contributed by atoms with E-state index in [0.29, 0.717) is 16.6 Å². The number of rotatable bonds is 5. The van der Waals surface area contributed by atoms with Crippen LogP contribution in [0.3, 0.4) is 0 Å². The van der Waals surface area contributed by atoms with Crippen LogP contribution in [-0.4, -0.2) is 43.0 Å². The quantitative estimate of drug-likeness (QED) is 0.673. The Morgan fingerprint density at radius 1 is 1.23 bits per heavy atom. The number of para-hydroxylation sites is 1. The van der Waals surface area contributed by atoms with Crippen molar-refractivity contribution in [2.75, 3.05) is 26.6 Å². The fraction of sp³-hybridized carbons (Fsp3) is 0.318. The first-order valence-corrected chi connectivity index (χ1v) is 10.4. The van der Waals surface area contributed by atoms with Crippen molar-refractivity contribution < 1.29 is 19.1 Å². The van der Waals surface area contributed by atoms with Crippen LogP contribution < -0.4 is 14.8 Å². The van der Waals surface area contributed by atoms with Crippen molar-refractivity contribution in [3.05, 3.63) is 47.5 Å². The molecule has 1 aliphatic rings. The van der Waals surface area contributed by atoms with Crippen molar-refractivity contribution in [2.24, 2.45) is 5.92 Å². The summed E-state index contributed by atoms with van der Waals surface area (Å²) < 4.78 is 12.0. The number of ether oxygens (including phenoxy) is 2. The summed E-state index contributed by atoms with van der Waals surface area (Å²) in [5.41, 5.74) is 2.72. The van der Waals surface area contributed by atoms with Gasteiger partial charge in [0, 0.05) is 19.0 Å². The Balaban J connectivity index is 1.66. The van der Waals surface area contributed by atoms with Crippen LogP contribution in [0.15, 0.2) is 36.4 Å². The number of hydrogen-bond acceptors (Lipinski definition) is 6. The third-order valence-corrected chi connectivity index (χ3v) is 6.38. The molecule has 0 spiro atoms. The molecule has 7 nitrogen and oxygen atoms in total. The number of nitrogens with zero attached hydrogens (tertiary/aromatic N) is 2. The average molecular weight is 426 g/mol. The summed E-state index contributed by atoms with van der Waals surface area (Å²) in [7, 11) is 4.82. The molecule has 156 valence electrons. The predicted octanol–water partition coefficient (Wildman–Crippen LogP) is 3.78. The number of aryl methyl sites for hydroxylation is 1. The number of likely N-dealkylation sites (tertiary alicyclic amines) is 1. The number of carbonyl (C=O) groups excluding carboxylic acids is 2. The first-order valence-electron chi connectivity index (χ1n) is 9.57. The molecule has 0 radical (unpaired) electrons. The molecule has 1 N–H and O–H groups in total. The molecular formula is C22H23N3O4S. The van der Waals surface area contributed by atoms with Gasteiger partial charge in [-0.05, 0) is 30.7 Å². The van der Waals surface area contributed by atoms with Gasteiger partial charge in [0.05, 0.1) is 36.4 Å². The second-order valence-corrected chi connectivity index (χ2v) is 8.35. The summed E-state index contributed by atoms with van der Waals surface area (Å²) in [5, 5.41) is 3.44. The summed E-state index contributed by atoms with van der Waals surface area (Å²) in [6.07, 6.45) is 0.122. The molecule has 2 atom stereocenters. The highest BCUT2D eigenvalue weighted by atomic mass is 32.1. The zero-order valence-corrected chi connectivity index (χ0v) is 18.1. The molecule has 8 heteroatoms. The van der Waals surface area contributed by atoms with Crippen molar-refractivity contribution >= 4 is 38.5 Å². The molecule has 2 aromatic carbocycles. The topological polar surface area (TPSA) is 80.8 Å². The van der Waals surface area contributed by atoms with Gasteiger partial charge in [-0.15, -0.1) is 0 Å². The third-order valence-electron chi connectivity index (χ3n) is 5.45. The SMILES string of the molecule is COc1cccc(C2C(C(=O)Nc3nc4ccc(C)cc4s3)CC(=O)N2C)c1OC. The number of amides is 2. The maximum absolute atomic E-state index is 13.2. The summed E-state index contributed by atoms with van der Waals surface area (Å²) in [5.74, 6) is 0.184. The van der Waals surface area contributed by atoms with Crippen LogP contribution in [0.2, 0.25) is 0 Å². The maximum Gasteiger partial charge on any atom is 0.232 e. The Morgan fingerprint density at radius 3 is 2.77 bits per heavy atom. The van der Waals surface area contributed by atoms with Crippen molar-refractivity contribution in [2.45, 2.75) is 19.4 Å². The molecular weight excluding hydrogens is 402 g/mol. The van der Waals surface area contributed by atoms with Crippen LogP contribution in [0.1, 0.15) is 23.6 Å². The Kier molecular flexibility index (Phi) is 5.34. The average Bonchev–Trinajstić information content (AvgIpc) is 3.26. The molecule has 1 aromatic heterocycles. The normalized spacial score (nSPS) is 18.7. The lowest BCUT2D eigenvalue weighted by atomic mass is 9.92. The molecule has 4 rings (SSSR count). The standard InChI is InChI=1S/C22H23N3O4S/c1-12-8-9-15-17(10-12)30-22(23-15)24-21(27)14-11-18(26)25(2)19(14)13-6-5-7-16(28-3)20(13)29-4/h5-10,14,19H,11H2,1-4H3,(H,23,24,27). The summed E-state index contributed by atoms with van der Waals surface area (Å²) in [4.78, 5) is 31.8. The van der Waals surface area contributed by atoms with E-state index in [0.717, 1.165) is 21.3 Å². The molecule has 3 aromatic rings. The highest BCUT2D eigenvalue weighted by molar-refractivity contribution is 7.22. The number of fused-ring (bicyclic) bond motifs is 1. The monoisotopic (exact) mass is 425 g/mol. The number of thiazole rings is 1. The van der Waals surface area contributed by atoms with Crippen molar-refractivity contribution in [3.63, 3.8) is 0 Å². The van der Waals surface area contributed by atoms with Crippen LogP contribution >= 0.6 is 11.3 Å². The second kappa shape index (κ2) is 7.95. The Labute approximate surface area is 178 Å². The van der Waals surface area contributed by atoms with Crippen LogP contribution in [0.4, 0.5) is 5.13 Å². The lowest BCUT2D eigenvalue weighted by Crippen LogP contribution is -2.30. The van der Waals surface area contributed by atoms with E-state index in [1.54, 1.807) is 32.2 Å². The second-order valence-electron chi connectivity index (χ2n) is 7.32. The van der Waals surface area contributed by atoms with Crippen molar-refractivity contribution in [1.29, 1.82) is 0 Å². The number of nitrogens with one attached hydrogen (secondary N) is 1. The van der Waals surface area contributed by atoms with Gasteiger partial charge in [-0.25, -0.2) is 4.98 Å². The zero-order valence-electron chi connectivity index (χ0n) is 17.3. The predicted molar refractivity (Wildman–Crippen MR) is 116 cm³/mol. The molecule has 30 heavy (non-hydrogen) atoms. The highest BCUT2D eigenvalue weighted by Crippen LogP contribution is 2.44.